The van der Waals surface area contributed by atoms with Gasteiger partial charge in [-0.1, -0.05) is 6.92 Å². The minimum Gasteiger partial charge on any atom is -0.468 e. The van der Waals surface area contributed by atoms with Crippen LogP contribution in [0.4, 0.5) is 0 Å². The normalized spacial score (nSPS) is 21.6. The Balaban J connectivity index is 2.21. The molecule has 1 aliphatic heterocycles. The van der Waals surface area contributed by atoms with Gasteiger partial charge in [0.05, 0.1) is 13.2 Å². The number of rotatable bonds is 10. The summed E-state index contributed by atoms with van der Waals surface area (Å²) in [5, 5.41) is 3.32. The van der Waals surface area contributed by atoms with E-state index >= 15 is 0 Å². The Bertz CT molecular complexity index is 282. The molecule has 1 saturated heterocycles. The smallest absolute Gasteiger partial charge is 0.325 e. The molecular weight excluding hydrogens is 274 g/mol. The third-order valence-electron chi connectivity index (χ3n) is 3.69. The van der Waals surface area contributed by atoms with Crippen molar-refractivity contribution in [3.05, 3.63) is 0 Å². The van der Waals surface area contributed by atoms with Crippen molar-refractivity contribution in [3.8, 4) is 0 Å². The Kier molecular flexibility index (Phi) is 8.57. The number of esters is 1. The van der Waals surface area contributed by atoms with E-state index in [0.29, 0.717) is 6.10 Å². The largest absolute Gasteiger partial charge is 0.468 e. The van der Waals surface area contributed by atoms with Crippen molar-refractivity contribution in [1.29, 1.82) is 0 Å². The number of methoxy groups -OCH3 is 1. The maximum Gasteiger partial charge on any atom is 0.325 e. The van der Waals surface area contributed by atoms with E-state index in [1.165, 1.54) is 20.0 Å². The van der Waals surface area contributed by atoms with Gasteiger partial charge in [0.1, 0.15) is 5.54 Å². The van der Waals surface area contributed by atoms with Crippen molar-refractivity contribution in [2.24, 2.45) is 0 Å². The molecule has 0 saturated carbocycles. The molecule has 1 fully saturated rings. The average molecular weight is 303 g/mol. The first-order valence-electron chi connectivity index (χ1n) is 7.65. The van der Waals surface area contributed by atoms with Crippen LogP contribution in [0, 0.1) is 0 Å². The third kappa shape index (κ3) is 6.02. The summed E-state index contributed by atoms with van der Waals surface area (Å²) >= 11 is 1.93. The number of hydrogen-bond donors (Lipinski definition) is 1. The molecule has 0 aliphatic carbocycles. The first-order valence-corrected chi connectivity index (χ1v) is 8.80. The number of carbonyl (C=O) groups excluding carboxylic acids is 1. The monoisotopic (exact) mass is 303 g/mol. The lowest BCUT2D eigenvalue weighted by atomic mass is 9.96. The van der Waals surface area contributed by atoms with Gasteiger partial charge in [0.2, 0.25) is 0 Å². The molecule has 0 amide bonds. The van der Waals surface area contributed by atoms with Crippen LogP contribution in [0.1, 0.15) is 46.0 Å². The summed E-state index contributed by atoms with van der Waals surface area (Å²) in [5.41, 5.74) is -0.546. The minimum atomic E-state index is -0.546. The lowest BCUT2D eigenvalue weighted by Crippen LogP contribution is -2.50. The SMILES string of the molecule is CCCNC(C)(CCCSCC1CCCO1)C(=O)OC. The second-order valence-corrected chi connectivity index (χ2v) is 6.71. The minimum absolute atomic E-state index is 0.157. The maximum absolute atomic E-state index is 11.9. The molecular formula is C15H29NO3S. The Morgan fingerprint density at radius 1 is 1.55 bits per heavy atom. The van der Waals surface area contributed by atoms with E-state index in [2.05, 4.69) is 12.2 Å². The number of nitrogens with one attached hydrogen (secondary N) is 1. The van der Waals surface area contributed by atoms with Gasteiger partial charge in [0, 0.05) is 12.4 Å². The molecule has 2 atom stereocenters. The number of ether oxygens (including phenoxy) is 2. The number of hydrogen-bond acceptors (Lipinski definition) is 5. The highest BCUT2D eigenvalue weighted by Gasteiger charge is 2.32. The molecule has 0 radical (unpaired) electrons. The van der Waals surface area contributed by atoms with Gasteiger partial charge in [-0.2, -0.15) is 11.8 Å². The van der Waals surface area contributed by atoms with Crippen LogP contribution in [-0.2, 0) is 14.3 Å². The van der Waals surface area contributed by atoms with E-state index in [9.17, 15) is 4.79 Å². The van der Waals surface area contributed by atoms with E-state index in [4.69, 9.17) is 9.47 Å². The van der Waals surface area contributed by atoms with Gasteiger partial charge >= 0.3 is 5.97 Å². The van der Waals surface area contributed by atoms with Gasteiger partial charge in [-0.15, -0.1) is 0 Å². The molecule has 1 aliphatic rings. The van der Waals surface area contributed by atoms with Crippen LogP contribution in [0.25, 0.3) is 0 Å². The van der Waals surface area contributed by atoms with Crippen LogP contribution in [0.5, 0.6) is 0 Å². The predicted molar refractivity (Wildman–Crippen MR) is 84.2 cm³/mol. The van der Waals surface area contributed by atoms with E-state index in [-0.39, 0.29) is 5.97 Å². The van der Waals surface area contributed by atoms with Crippen LogP contribution in [0.15, 0.2) is 0 Å². The summed E-state index contributed by atoms with van der Waals surface area (Å²) in [7, 11) is 1.46. The second kappa shape index (κ2) is 9.64. The fourth-order valence-electron chi connectivity index (χ4n) is 2.41. The summed E-state index contributed by atoms with van der Waals surface area (Å²) in [6.45, 7) is 5.81. The van der Waals surface area contributed by atoms with E-state index in [1.54, 1.807) is 0 Å². The first-order chi connectivity index (χ1) is 9.62. The Morgan fingerprint density at radius 2 is 2.35 bits per heavy atom. The predicted octanol–water partition coefficient (Wildman–Crippen LogP) is 2.61. The lowest BCUT2D eigenvalue weighted by Gasteiger charge is -2.28. The van der Waals surface area contributed by atoms with Gasteiger partial charge in [-0.25, -0.2) is 0 Å². The van der Waals surface area contributed by atoms with Crippen molar-refractivity contribution in [2.75, 3.05) is 31.8 Å². The first kappa shape index (κ1) is 17.8. The van der Waals surface area contributed by atoms with Crippen molar-refractivity contribution in [3.63, 3.8) is 0 Å². The van der Waals surface area contributed by atoms with Gasteiger partial charge in [-0.05, 0) is 51.3 Å². The van der Waals surface area contributed by atoms with Gasteiger partial charge in [0.25, 0.3) is 0 Å². The molecule has 2 unspecified atom stereocenters. The quantitative estimate of drug-likeness (QED) is 0.496. The molecule has 0 aromatic heterocycles. The van der Waals surface area contributed by atoms with E-state index < -0.39 is 5.54 Å². The molecule has 118 valence electrons. The van der Waals surface area contributed by atoms with Crippen LogP contribution >= 0.6 is 11.8 Å². The fraction of sp³-hybridized carbons (Fsp3) is 0.933. The zero-order valence-corrected chi connectivity index (χ0v) is 13.9. The fourth-order valence-corrected chi connectivity index (χ4v) is 3.45. The summed E-state index contributed by atoms with van der Waals surface area (Å²) in [6.07, 6.45) is 5.70. The van der Waals surface area contributed by atoms with Crippen LogP contribution < -0.4 is 5.32 Å². The molecule has 1 heterocycles. The summed E-state index contributed by atoms with van der Waals surface area (Å²) in [6, 6.07) is 0. The Labute approximate surface area is 127 Å². The molecule has 0 spiro atoms. The molecule has 5 heteroatoms. The van der Waals surface area contributed by atoms with Gasteiger partial charge in [0.15, 0.2) is 0 Å². The highest BCUT2D eigenvalue weighted by molar-refractivity contribution is 7.99. The third-order valence-corrected chi connectivity index (χ3v) is 4.88. The summed E-state index contributed by atoms with van der Waals surface area (Å²) < 4.78 is 10.5. The molecule has 0 aromatic carbocycles. The number of carbonyl (C=O) groups is 1. The zero-order valence-electron chi connectivity index (χ0n) is 13.1. The topological polar surface area (TPSA) is 47.6 Å². The molecule has 4 nitrogen and oxygen atoms in total. The molecule has 0 aromatic rings. The molecule has 1 rings (SSSR count). The van der Waals surface area contributed by atoms with Crippen molar-refractivity contribution in [1.82, 2.24) is 5.32 Å². The van der Waals surface area contributed by atoms with Gasteiger partial charge < -0.3 is 14.8 Å². The standard InChI is InChI=1S/C15H29NO3S/c1-4-9-16-15(2,14(17)18-3)8-6-11-20-12-13-7-5-10-19-13/h13,16H,4-12H2,1-3H3. The Hall–Kier alpha value is -0.260. The van der Waals surface area contributed by atoms with Crippen molar-refractivity contribution >= 4 is 17.7 Å². The van der Waals surface area contributed by atoms with Crippen molar-refractivity contribution in [2.45, 2.75) is 57.6 Å². The van der Waals surface area contributed by atoms with E-state index in [1.807, 2.05) is 18.7 Å². The summed E-state index contributed by atoms with van der Waals surface area (Å²) in [5.74, 6) is 1.99. The van der Waals surface area contributed by atoms with Crippen LogP contribution in [0.3, 0.4) is 0 Å². The number of thioether (sulfide) groups is 1. The van der Waals surface area contributed by atoms with Crippen molar-refractivity contribution < 1.29 is 14.3 Å². The summed E-state index contributed by atoms with van der Waals surface area (Å²) in [4.78, 5) is 11.9. The highest BCUT2D eigenvalue weighted by Crippen LogP contribution is 2.20. The highest BCUT2D eigenvalue weighted by atomic mass is 32.2. The maximum atomic E-state index is 11.9. The molecule has 20 heavy (non-hydrogen) atoms. The van der Waals surface area contributed by atoms with E-state index in [0.717, 1.165) is 43.9 Å². The zero-order chi connectivity index (χ0) is 14.8. The van der Waals surface area contributed by atoms with Crippen LogP contribution in [-0.4, -0.2) is 49.4 Å². The average Bonchev–Trinajstić information content (AvgIpc) is 2.97. The van der Waals surface area contributed by atoms with Crippen LogP contribution in [0.2, 0.25) is 0 Å². The Morgan fingerprint density at radius 3 is 2.95 bits per heavy atom. The van der Waals surface area contributed by atoms with Gasteiger partial charge in [-0.3, -0.25) is 4.79 Å². The molecule has 0 bridgehead atoms. The molecule has 1 N–H and O–H groups in total. The lowest BCUT2D eigenvalue weighted by molar-refractivity contribution is -0.148. The second-order valence-electron chi connectivity index (χ2n) is 5.56.